The molecular weight excluding hydrogens is 360 g/mol. The van der Waals surface area contributed by atoms with Gasteiger partial charge in [0.2, 0.25) is 0 Å². The average Bonchev–Trinajstić information content (AvgIpc) is 2.67. The summed E-state index contributed by atoms with van der Waals surface area (Å²) in [5.41, 5.74) is 2.19. The molecule has 1 amide bonds. The number of hydrogen-bond acceptors (Lipinski definition) is 2. The van der Waals surface area contributed by atoms with Crippen LogP contribution in [0.4, 0.5) is 8.78 Å². The molecule has 0 saturated carbocycles. The predicted molar refractivity (Wildman–Crippen MR) is 107 cm³/mol. The first kappa shape index (κ1) is 20.1. The molecule has 2 aromatic rings. The van der Waals surface area contributed by atoms with Gasteiger partial charge in [-0.2, -0.15) is 8.78 Å². The maximum atomic E-state index is 13.5. The predicted octanol–water partition coefficient (Wildman–Crippen LogP) is 5.62. The van der Waals surface area contributed by atoms with Gasteiger partial charge in [0.15, 0.2) is 0 Å². The number of hydrogen-bond donors (Lipinski definition) is 0. The second-order valence-corrected chi connectivity index (χ2v) is 7.21. The number of nitrogens with zero attached hydrogens (tertiary/aromatic N) is 1. The van der Waals surface area contributed by atoms with Crippen LogP contribution >= 0.6 is 0 Å². The molecule has 1 aliphatic heterocycles. The third-order valence-corrected chi connectivity index (χ3v) is 5.16. The lowest BCUT2D eigenvalue weighted by Gasteiger charge is -2.39. The Morgan fingerprint density at radius 1 is 1.04 bits per heavy atom. The molecule has 0 spiro atoms. The van der Waals surface area contributed by atoms with Crippen molar-refractivity contribution in [3.05, 3.63) is 65.7 Å². The van der Waals surface area contributed by atoms with E-state index >= 15 is 0 Å². The summed E-state index contributed by atoms with van der Waals surface area (Å²) in [5.74, 6) is 0.0943. The summed E-state index contributed by atoms with van der Waals surface area (Å²) in [4.78, 5) is 15.4. The van der Waals surface area contributed by atoms with E-state index in [1.54, 1.807) is 12.1 Å². The normalized spacial score (nSPS) is 20.3. The minimum atomic E-state index is -2.86. The fourth-order valence-electron chi connectivity index (χ4n) is 3.76. The SMILES string of the molecule is CC1CCCC(C)N1C(=O)C(=Cc1ccc(OC(F)F)cc1)c1ccccc1. The summed E-state index contributed by atoms with van der Waals surface area (Å²) in [7, 11) is 0. The van der Waals surface area contributed by atoms with Gasteiger partial charge >= 0.3 is 6.61 Å². The van der Waals surface area contributed by atoms with E-state index in [-0.39, 0.29) is 23.7 Å². The molecular formula is C23H25F2NO2. The number of halogens is 2. The number of alkyl halides is 2. The zero-order valence-corrected chi connectivity index (χ0v) is 16.1. The summed E-state index contributed by atoms with van der Waals surface area (Å²) in [5, 5.41) is 0. The standard InChI is InChI=1S/C23H25F2NO2/c1-16-7-6-8-17(2)26(16)22(27)21(19-9-4-3-5-10-19)15-18-11-13-20(14-12-18)28-23(24)25/h3-5,9-17,23H,6-8H2,1-2H3. The van der Waals surface area contributed by atoms with Crippen molar-refractivity contribution in [3.63, 3.8) is 0 Å². The van der Waals surface area contributed by atoms with Gasteiger partial charge in [-0.3, -0.25) is 4.79 Å². The van der Waals surface area contributed by atoms with E-state index in [1.807, 2.05) is 41.3 Å². The largest absolute Gasteiger partial charge is 0.435 e. The molecule has 3 rings (SSSR count). The second-order valence-electron chi connectivity index (χ2n) is 7.21. The van der Waals surface area contributed by atoms with Gasteiger partial charge < -0.3 is 9.64 Å². The molecule has 2 unspecified atom stereocenters. The zero-order valence-electron chi connectivity index (χ0n) is 16.1. The average molecular weight is 385 g/mol. The van der Waals surface area contributed by atoms with Crippen molar-refractivity contribution in [1.29, 1.82) is 0 Å². The van der Waals surface area contributed by atoms with Crippen LogP contribution in [0.5, 0.6) is 5.75 Å². The van der Waals surface area contributed by atoms with Gasteiger partial charge in [0.1, 0.15) is 5.75 Å². The molecule has 2 atom stereocenters. The fourth-order valence-corrected chi connectivity index (χ4v) is 3.76. The quantitative estimate of drug-likeness (QED) is 0.494. The Morgan fingerprint density at radius 3 is 2.21 bits per heavy atom. The number of amides is 1. The molecule has 0 aromatic heterocycles. The zero-order chi connectivity index (χ0) is 20.1. The number of likely N-dealkylation sites (tertiary alicyclic amines) is 1. The summed E-state index contributed by atoms with van der Waals surface area (Å²) < 4.78 is 29.1. The molecule has 1 aliphatic rings. The smallest absolute Gasteiger partial charge is 0.387 e. The highest BCUT2D eigenvalue weighted by Gasteiger charge is 2.31. The van der Waals surface area contributed by atoms with Crippen molar-refractivity contribution in [2.24, 2.45) is 0 Å². The number of piperidine rings is 1. The Hall–Kier alpha value is -2.69. The number of carbonyl (C=O) groups excluding carboxylic acids is 1. The van der Waals surface area contributed by atoms with Crippen molar-refractivity contribution in [3.8, 4) is 5.75 Å². The van der Waals surface area contributed by atoms with E-state index in [2.05, 4.69) is 18.6 Å². The molecule has 28 heavy (non-hydrogen) atoms. The van der Waals surface area contributed by atoms with Crippen LogP contribution in [-0.4, -0.2) is 29.5 Å². The molecule has 5 heteroatoms. The van der Waals surface area contributed by atoms with E-state index in [9.17, 15) is 13.6 Å². The third kappa shape index (κ3) is 4.77. The Balaban J connectivity index is 1.95. The molecule has 148 valence electrons. The van der Waals surface area contributed by atoms with Gasteiger partial charge in [0, 0.05) is 17.7 Å². The highest BCUT2D eigenvalue weighted by atomic mass is 19.3. The second kappa shape index (κ2) is 9.00. The van der Waals surface area contributed by atoms with Gasteiger partial charge in [-0.25, -0.2) is 0 Å². The number of carbonyl (C=O) groups is 1. The van der Waals surface area contributed by atoms with E-state index < -0.39 is 6.61 Å². The van der Waals surface area contributed by atoms with Crippen molar-refractivity contribution in [2.45, 2.75) is 51.8 Å². The number of ether oxygens (including phenoxy) is 1. The molecule has 3 nitrogen and oxygen atoms in total. The van der Waals surface area contributed by atoms with Crippen LogP contribution in [0.15, 0.2) is 54.6 Å². The first-order valence-corrected chi connectivity index (χ1v) is 9.60. The molecule has 2 aromatic carbocycles. The van der Waals surface area contributed by atoms with Crippen molar-refractivity contribution in [1.82, 2.24) is 4.90 Å². The van der Waals surface area contributed by atoms with E-state index in [4.69, 9.17) is 0 Å². The lowest BCUT2D eigenvalue weighted by atomic mass is 9.94. The van der Waals surface area contributed by atoms with Crippen LogP contribution in [-0.2, 0) is 4.79 Å². The van der Waals surface area contributed by atoms with Gasteiger partial charge in [-0.15, -0.1) is 0 Å². The van der Waals surface area contributed by atoms with E-state index in [0.29, 0.717) is 5.57 Å². The molecule has 0 radical (unpaired) electrons. The first-order valence-electron chi connectivity index (χ1n) is 9.60. The monoisotopic (exact) mass is 385 g/mol. The first-order chi connectivity index (χ1) is 13.5. The van der Waals surface area contributed by atoms with Crippen molar-refractivity contribution < 1.29 is 18.3 Å². The van der Waals surface area contributed by atoms with Crippen LogP contribution in [0.2, 0.25) is 0 Å². The Bertz CT molecular complexity index is 808. The number of rotatable bonds is 5. The number of benzene rings is 2. The summed E-state index contributed by atoms with van der Waals surface area (Å²) in [6.07, 6.45) is 4.94. The Morgan fingerprint density at radius 2 is 1.64 bits per heavy atom. The van der Waals surface area contributed by atoms with Crippen LogP contribution in [0.3, 0.4) is 0 Å². The highest BCUT2D eigenvalue weighted by Crippen LogP contribution is 2.29. The van der Waals surface area contributed by atoms with Gasteiger partial charge in [-0.05, 0) is 62.4 Å². The third-order valence-electron chi connectivity index (χ3n) is 5.16. The molecule has 1 fully saturated rings. The molecule has 1 saturated heterocycles. The van der Waals surface area contributed by atoms with E-state index in [0.717, 1.165) is 30.4 Å². The fraction of sp³-hybridized carbons (Fsp3) is 0.348. The Labute approximate surface area is 164 Å². The molecule has 0 bridgehead atoms. The highest BCUT2D eigenvalue weighted by molar-refractivity contribution is 6.24. The van der Waals surface area contributed by atoms with E-state index in [1.165, 1.54) is 12.1 Å². The molecule has 0 aliphatic carbocycles. The van der Waals surface area contributed by atoms with Crippen molar-refractivity contribution in [2.75, 3.05) is 0 Å². The topological polar surface area (TPSA) is 29.5 Å². The lowest BCUT2D eigenvalue weighted by Crippen LogP contribution is -2.47. The Kier molecular flexibility index (Phi) is 6.45. The minimum absolute atomic E-state index is 0.00110. The maximum absolute atomic E-state index is 13.5. The van der Waals surface area contributed by atoms with Gasteiger partial charge in [0.25, 0.3) is 5.91 Å². The molecule has 0 N–H and O–H groups in total. The van der Waals surface area contributed by atoms with Crippen LogP contribution < -0.4 is 4.74 Å². The minimum Gasteiger partial charge on any atom is -0.435 e. The summed E-state index contributed by atoms with van der Waals surface area (Å²) in [6.45, 7) is 1.32. The van der Waals surface area contributed by atoms with Crippen LogP contribution in [0.25, 0.3) is 11.6 Å². The van der Waals surface area contributed by atoms with Crippen molar-refractivity contribution >= 4 is 17.6 Å². The summed E-state index contributed by atoms with van der Waals surface area (Å²) >= 11 is 0. The molecule has 1 heterocycles. The van der Waals surface area contributed by atoms with Crippen LogP contribution in [0.1, 0.15) is 44.2 Å². The van der Waals surface area contributed by atoms with Gasteiger partial charge in [0.05, 0.1) is 0 Å². The lowest BCUT2D eigenvalue weighted by molar-refractivity contribution is -0.130. The van der Waals surface area contributed by atoms with Crippen LogP contribution in [0, 0.1) is 0 Å². The van der Waals surface area contributed by atoms with Gasteiger partial charge in [-0.1, -0.05) is 42.5 Å². The maximum Gasteiger partial charge on any atom is 0.387 e. The summed E-state index contributed by atoms with van der Waals surface area (Å²) in [6, 6.07) is 16.2.